The molecule has 100 valence electrons. The molecule has 0 aliphatic rings. The van der Waals surface area contributed by atoms with Gasteiger partial charge in [-0.3, -0.25) is 0 Å². The molecule has 0 aliphatic carbocycles. The molecule has 0 unspecified atom stereocenters. The van der Waals surface area contributed by atoms with Crippen LogP contribution < -0.4 is 5.32 Å². The number of aromatic hydroxyl groups is 1. The van der Waals surface area contributed by atoms with Crippen LogP contribution in [0, 0.1) is 0 Å². The third-order valence-electron chi connectivity index (χ3n) is 3.05. The Morgan fingerprint density at radius 1 is 0.947 bits per heavy atom. The summed E-state index contributed by atoms with van der Waals surface area (Å²) in [5, 5.41) is 22.4. The molecule has 2 aromatic carbocycles. The number of nitrogens with one attached hydrogen (secondary N) is 1. The van der Waals surface area contributed by atoms with Gasteiger partial charge in [0.05, 0.1) is 6.10 Å². The van der Waals surface area contributed by atoms with E-state index in [1.807, 2.05) is 42.5 Å². The molecule has 0 aromatic heterocycles. The van der Waals surface area contributed by atoms with Gasteiger partial charge < -0.3 is 15.5 Å². The predicted octanol–water partition coefficient (Wildman–Crippen LogP) is 2.26. The number of benzene rings is 2. The zero-order chi connectivity index (χ0) is 13.5. The smallest absolute Gasteiger partial charge is 0.115 e. The monoisotopic (exact) mass is 257 g/mol. The summed E-state index contributed by atoms with van der Waals surface area (Å²) in [4.78, 5) is 0. The molecule has 2 aromatic rings. The number of aliphatic hydroxyl groups is 1. The lowest BCUT2D eigenvalue weighted by Crippen LogP contribution is -2.23. The van der Waals surface area contributed by atoms with Gasteiger partial charge in [0.15, 0.2) is 0 Å². The van der Waals surface area contributed by atoms with Gasteiger partial charge in [-0.2, -0.15) is 0 Å². The van der Waals surface area contributed by atoms with Crippen LogP contribution in [0.3, 0.4) is 0 Å². The number of phenols is 1. The van der Waals surface area contributed by atoms with Crippen molar-refractivity contribution in [1.82, 2.24) is 5.32 Å². The molecule has 0 saturated carbocycles. The average molecular weight is 257 g/mol. The molecule has 0 bridgehead atoms. The summed E-state index contributed by atoms with van der Waals surface area (Å²) in [5.41, 5.74) is 2.10. The van der Waals surface area contributed by atoms with Crippen LogP contribution in [0.4, 0.5) is 0 Å². The Balaban J connectivity index is 1.71. The van der Waals surface area contributed by atoms with Crippen LogP contribution in [0.15, 0.2) is 54.6 Å². The second kappa shape index (κ2) is 6.92. The van der Waals surface area contributed by atoms with Gasteiger partial charge in [0, 0.05) is 6.54 Å². The van der Waals surface area contributed by atoms with Crippen molar-refractivity contribution in [2.75, 3.05) is 13.1 Å². The Kier molecular flexibility index (Phi) is 4.95. The molecule has 0 radical (unpaired) electrons. The summed E-state index contributed by atoms with van der Waals surface area (Å²) < 4.78 is 0. The minimum Gasteiger partial charge on any atom is -0.508 e. The highest BCUT2D eigenvalue weighted by atomic mass is 16.3. The zero-order valence-electron chi connectivity index (χ0n) is 10.8. The second-order valence-electron chi connectivity index (χ2n) is 4.55. The van der Waals surface area contributed by atoms with Crippen LogP contribution in [-0.4, -0.2) is 23.3 Å². The van der Waals surface area contributed by atoms with Gasteiger partial charge in [-0.15, -0.1) is 0 Å². The second-order valence-corrected chi connectivity index (χ2v) is 4.55. The minimum atomic E-state index is -0.471. The Bertz CT molecular complexity index is 482. The van der Waals surface area contributed by atoms with E-state index in [9.17, 15) is 10.2 Å². The Morgan fingerprint density at radius 2 is 1.63 bits per heavy atom. The van der Waals surface area contributed by atoms with Crippen molar-refractivity contribution in [2.24, 2.45) is 0 Å². The van der Waals surface area contributed by atoms with Crippen LogP contribution in [0.2, 0.25) is 0 Å². The first-order chi connectivity index (χ1) is 9.25. The Morgan fingerprint density at radius 3 is 2.32 bits per heavy atom. The van der Waals surface area contributed by atoms with Crippen molar-refractivity contribution in [3.8, 4) is 5.75 Å². The summed E-state index contributed by atoms with van der Waals surface area (Å²) in [6.45, 7) is 1.34. The minimum absolute atomic E-state index is 0.288. The van der Waals surface area contributed by atoms with Gasteiger partial charge in [-0.25, -0.2) is 0 Å². The van der Waals surface area contributed by atoms with Gasteiger partial charge in [0.2, 0.25) is 0 Å². The molecule has 0 fully saturated rings. The Hall–Kier alpha value is -1.84. The van der Waals surface area contributed by atoms with Crippen molar-refractivity contribution in [1.29, 1.82) is 0 Å². The maximum absolute atomic E-state index is 9.96. The first kappa shape index (κ1) is 13.6. The third kappa shape index (κ3) is 4.39. The quantitative estimate of drug-likeness (QED) is 0.696. The maximum Gasteiger partial charge on any atom is 0.115 e. The van der Waals surface area contributed by atoms with E-state index in [-0.39, 0.29) is 5.75 Å². The van der Waals surface area contributed by atoms with Gasteiger partial charge in [-0.1, -0.05) is 42.5 Å². The SMILES string of the molecule is Oc1ccc(CCNC[C@H](O)c2ccccc2)cc1. The van der Waals surface area contributed by atoms with Gasteiger partial charge in [0.25, 0.3) is 0 Å². The van der Waals surface area contributed by atoms with Crippen molar-refractivity contribution < 1.29 is 10.2 Å². The highest BCUT2D eigenvalue weighted by Gasteiger charge is 2.05. The summed E-state index contributed by atoms with van der Waals surface area (Å²) in [6, 6.07) is 16.8. The van der Waals surface area contributed by atoms with E-state index in [4.69, 9.17) is 0 Å². The maximum atomic E-state index is 9.96. The van der Waals surface area contributed by atoms with Gasteiger partial charge in [0.1, 0.15) is 5.75 Å². The molecule has 0 saturated heterocycles. The van der Waals surface area contributed by atoms with Crippen molar-refractivity contribution in [2.45, 2.75) is 12.5 Å². The summed E-state index contributed by atoms with van der Waals surface area (Å²) in [5.74, 6) is 0.288. The van der Waals surface area contributed by atoms with E-state index in [2.05, 4.69) is 5.32 Å². The largest absolute Gasteiger partial charge is 0.508 e. The molecular formula is C16H19NO2. The number of phenolic OH excluding ortho intramolecular Hbond substituents is 1. The Labute approximate surface area is 113 Å². The number of aliphatic hydroxyl groups excluding tert-OH is 1. The van der Waals surface area contributed by atoms with Gasteiger partial charge >= 0.3 is 0 Å². The van der Waals surface area contributed by atoms with Crippen LogP contribution in [0.5, 0.6) is 5.75 Å². The molecule has 3 N–H and O–H groups in total. The van der Waals surface area contributed by atoms with Crippen LogP contribution in [0.1, 0.15) is 17.2 Å². The molecule has 19 heavy (non-hydrogen) atoms. The average Bonchev–Trinajstić information content (AvgIpc) is 2.46. The normalized spacial score (nSPS) is 12.3. The lowest BCUT2D eigenvalue weighted by Gasteiger charge is -2.12. The highest BCUT2D eigenvalue weighted by Crippen LogP contribution is 2.11. The number of rotatable bonds is 6. The fraction of sp³-hybridized carbons (Fsp3) is 0.250. The van der Waals surface area contributed by atoms with Crippen molar-refractivity contribution >= 4 is 0 Å². The molecule has 0 heterocycles. The first-order valence-corrected chi connectivity index (χ1v) is 6.47. The highest BCUT2D eigenvalue weighted by molar-refractivity contribution is 5.26. The third-order valence-corrected chi connectivity index (χ3v) is 3.05. The molecule has 0 amide bonds. The lowest BCUT2D eigenvalue weighted by molar-refractivity contribution is 0.175. The van der Waals surface area contributed by atoms with E-state index in [0.29, 0.717) is 6.54 Å². The van der Waals surface area contributed by atoms with E-state index in [0.717, 1.165) is 18.5 Å². The van der Waals surface area contributed by atoms with Gasteiger partial charge in [-0.05, 0) is 36.2 Å². The first-order valence-electron chi connectivity index (χ1n) is 6.47. The predicted molar refractivity (Wildman–Crippen MR) is 76.1 cm³/mol. The molecular weight excluding hydrogens is 238 g/mol. The fourth-order valence-corrected chi connectivity index (χ4v) is 1.93. The molecule has 0 spiro atoms. The number of hydrogen-bond donors (Lipinski definition) is 3. The summed E-state index contributed by atoms with van der Waals surface area (Å²) >= 11 is 0. The summed E-state index contributed by atoms with van der Waals surface area (Å²) in [6.07, 6.45) is 0.405. The van der Waals surface area contributed by atoms with E-state index < -0.39 is 6.10 Å². The molecule has 1 atom stereocenters. The molecule has 0 aliphatic heterocycles. The van der Waals surface area contributed by atoms with E-state index >= 15 is 0 Å². The molecule has 3 heteroatoms. The van der Waals surface area contributed by atoms with E-state index in [1.165, 1.54) is 5.56 Å². The van der Waals surface area contributed by atoms with E-state index in [1.54, 1.807) is 12.1 Å². The fourth-order valence-electron chi connectivity index (χ4n) is 1.93. The molecule has 3 nitrogen and oxygen atoms in total. The zero-order valence-corrected chi connectivity index (χ0v) is 10.8. The van der Waals surface area contributed by atoms with Crippen LogP contribution in [-0.2, 0) is 6.42 Å². The molecule has 2 rings (SSSR count). The van der Waals surface area contributed by atoms with Crippen molar-refractivity contribution in [3.05, 3.63) is 65.7 Å². The standard InChI is InChI=1S/C16H19NO2/c18-15-8-6-13(7-9-15)10-11-17-12-16(19)14-4-2-1-3-5-14/h1-9,16-19H,10-12H2/t16-/m0/s1. The topological polar surface area (TPSA) is 52.5 Å². The lowest BCUT2D eigenvalue weighted by atomic mass is 10.1. The van der Waals surface area contributed by atoms with Crippen LogP contribution in [0.25, 0.3) is 0 Å². The van der Waals surface area contributed by atoms with Crippen LogP contribution >= 0.6 is 0 Å². The summed E-state index contributed by atoms with van der Waals surface area (Å²) in [7, 11) is 0. The number of hydrogen-bond acceptors (Lipinski definition) is 3. The van der Waals surface area contributed by atoms with Crippen molar-refractivity contribution in [3.63, 3.8) is 0 Å².